The Bertz CT molecular complexity index is 968. The van der Waals surface area contributed by atoms with Gasteiger partial charge in [0.25, 0.3) is 0 Å². The zero-order valence-electron chi connectivity index (χ0n) is 16.2. The fourth-order valence-electron chi connectivity index (χ4n) is 2.47. The molecule has 0 amide bonds. The lowest BCUT2D eigenvalue weighted by Gasteiger charge is -2.13. The fraction of sp³-hybridized carbons (Fsp3) is 0.353. The molecular formula is C17H21ClN8S2. The number of rotatable bonds is 6. The van der Waals surface area contributed by atoms with Crippen LogP contribution in [0.2, 0.25) is 5.02 Å². The third-order valence-corrected chi connectivity index (χ3v) is 6.09. The van der Waals surface area contributed by atoms with E-state index in [0.29, 0.717) is 21.9 Å². The Labute approximate surface area is 177 Å². The molecule has 0 fully saturated rings. The van der Waals surface area contributed by atoms with Gasteiger partial charge in [-0.3, -0.25) is 0 Å². The van der Waals surface area contributed by atoms with Crippen LogP contribution in [0.3, 0.4) is 0 Å². The molecule has 3 N–H and O–H groups in total. The summed E-state index contributed by atoms with van der Waals surface area (Å²) in [5.74, 6) is 1.33. The first kappa shape index (κ1) is 20.6. The van der Waals surface area contributed by atoms with E-state index in [2.05, 4.69) is 36.5 Å². The lowest BCUT2D eigenvalue weighted by atomic mass is 10.1. The largest absolute Gasteiger partial charge is 0.368 e. The Hall–Kier alpha value is -2.17. The number of nitrogens with two attached hydrogens (primary N) is 1. The fourth-order valence-corrected chi connectivity index (χ4v) is 4.79. The zero-order valence-corrected chi connectivity index (χ0v) is 18.6. The summed E-state index contributed by atoms with van der Waals surface area (Å²) >= 11 is 9.32. The van der Waals surface area contributed by atoms with Gasteiger partial charge in [0, 0.05) is 14.1 Å². The molecule has 1 atom stereocenters. The first-order chi connectivity index (χ1) is 13.2. The second kappa shape index (κ2) is 8.46. The van der Waals surface area contributed by atoms with Crippen molar-refractivity contribution in [2.75, 3.05) is 30.0 Å². The SMILES string of the molecule is Cc1cc(C)c(Nc2nnc(SC(C)c3nc(N)nc(N(C)C)n3)s2)c(Cl)c1. The summed E-state index contributed by atoms with van der Waals surface area (Å²) in [6.07, 6.45) is 0. The topological polar surface area (TPSA) is 106 Å². The van der Waals surface area contributed by atoms with Crippen molar-refractivity contribution in [3.05, 3.63) is 34.1 Å². The van der Waals surface area contributed by atoms with E-state index in [0.717, 1.165) is 21.2 Å². The highest BCUT2D eigenvalue weighted by Gasteiger charge is 2.17. The van der Waals surface area contributed by atoms with E-state index in [-0.39, 0.29) is 11.2 Å². The number of nitrogens with one attached hydrogen (secondary N) is 1. The predicted octanol–water partition coefficient (Wildman–Crippen LogP) is 4.24. The molecule has 0 saturated carbocycles. The van der Waals surface area contributed by atoms with Crippen molar-refractivity contribution in [1.29, 1.82) is 0 Å². The van der Waals surface area contributed by atoms with Gasteiger partial charge in [-0.05, 0) is 38.0 Å². The van der Waals surface area contributed by atoms with Gasteiger partial charge in [0.2, 0.25) is 17.0 Å². The molecule has 3 rings (SSSR count). The van der Waals surface area contributed by atoms with Gasteiger partial charge in [0.1, 0.15) is 5.82 Å². The number of thioether (sulfide) groups is 1. The number of aromatic nitrogens is 5. The second-order valence-corrected chi connectivity index (χ2v) is 9.42. The van der Waals surface area contributed by atoms with Gasteiger partial charge in [-0.1, -0.05) is 40.8 Å². The normalized spacial score (nSPS) is 12.1. The average molecular weight is 437 g/mol. The van der Waals surface area contributed by atoms with Crippen molar-refractivity contribution in [3.8, 4) is 0 Å². The summed E-state index contributed by atoms with van der Waals surface area (Å²) in [4.78, 5) is 14.6. The molecule has 0 saturated heterocycles. The molecule has 0 aliphatic carbocycles. The quantitative estimate of drug-likeness (QED) is 0.548. The van der Waals surface area contributed by atoms with Crippen LogP contribution in [-0.4, -0.2) is 39.2 Å². The van der Waals surface area contributed by atoms with Crippen molar-refractivity contribution < 1.29 is 0 Å². The molecule has 0 radical (unpaired) electrons. The minimum absolute atomic E-state index is 0.0606. The summed E-state index contributed by atoms with van der Waals surface area (Å²) in [5.41, 5.74) is 8.82. The summed E-state index contributed by atoms with van der Waals surface area (Å²) in [6.45, 7) is 6.02. The number of anilines is 4. The van der Waals surface area contributed by atoms with E-state index in [4.69, 9.17) is 17.3 Å². The van der Waals surface area contributed by atoms with Crippen LogP contribution in [-0.2, 0) is 0 Å². The molecule has 28 heavy (non-hydrogen) atoms. The maximum atomic E-state index is 6.36. The standard InChI is InChI=1S/C17H21ClN8S2/c1-8-6-9(2)12(11(18)7-8)20-16-24-25-17(28-16)27-10(3)13-21-14(19)23-15(22-13)26(4)5/h6-7,10H,1-5H3,(H,20,24)(H2,19,21,22,23). The van der Waals surface area contributed by atoms with Crippen molar-refractivity contribution in [3.63, 3.8) is 0 Å². The minimum atomic E-state index is -0.0606. The van der Waals surface area contributed by atoms with Crippen LogP contribution in [0.25, 0.3) is 0 Å². The molecule has 1 aromatic carbocycles. The van der Waals surface area contributed by atoms with Crippen LogP contribution in [0.5, 0.6) is 0 Å². The number of aryl methyl sites for hydroxylation is 2. The summed E-state index contributed by atoms with van der Waals surface area (Å²) in [6, 6.07) is 3.99. The molecule has 2 aromatic heterocycles. The highest BCUT2D eigenvalue weighted by molar-refractivity contribution is 8.01. The van der Waals surface area contributed by atoms with Crippen LogP contribution in [0.15, 0.2) is 16.5 Å². The number of halogens is 1. The predicted molar refractivity (Wildman–Crippen MR) is 117 cm³/mol. The molecular weight excluding hydrogens is 416 g/mol. The van der Waals surface area contributed by atoms with Gasteiger partial charge in [-0.25, -0.2) is 0 Å². The molecule has 0 aliphatic heterocycles. The van der Waals surface area contributed by atoms with Gasteiger partial charge >= 0.3 is 0 Å². The Kier molecular flexibility index (Phi) is 6.21. The summed E-state index contributed by atoms with van der Waals surface area (Å²) in [7, 11) is 3.72. The van der Waals surface area contributed by atoms with Gasteiger partial charge in [0.15, 0.2) is 4.34 Å². The lowest BCUT2D eigenvalue weighted by molar-refractivity contribution is 0.863. The smallest absolute Gasteiger partial charge is 0.229 e. The van der Waals surface area contributed by atoms with Crippen LogP contribution >= 0.6 is 34.7 Å². The van der Waals surface area contributed by atoms with Crippen molar-refractivity contribution in [2.45, 2.75) is 30.4 Å². The molecule has 2 heterocycles. The van der Waals surface area contributed by atoms with Crippen molar-refractivity contribution in [1.82, 2.24) is 25.1 Å². The molecule has 8 nitrogen and oxygen atoms in total. The van der Waals surface area contributed by atoms with Crippen LogP contribution < -0.4 is 16.0 Å². The second-order valence-electron chi connectivity index (χ2n) is 6.44. The molecule has 3 aromatic rings. The minimum Gasteiger partial charge on any atom is -0.368 e. The Morgan fingerprint density at radius 3 is 2.61 bits per heavy atom. The third-order valence-electron chi connectivity index (χ3n) is 3.77. The highest BCUT2D eigenvalue weighted by atomic mass is 35.5. The van der Waals surface area contributed by atoms with Crippen LogP contribution in [0.4, 0.5) is 22.7 Å². The maximum Gasteiger partial charge on any atom is 0.229 e. The highest BCUT2D eigenvalue weighted by Crippen LogP contribution is 2.38. The van der Waals surface area contributed by atoms with Crippen molar-refractivity contribution in [2.24, 2.45) is 0 Å². The number of nitrogen functional groups attached to an aromatic ring is 1. The summed E-state index contributed by atoms with van der Waals surface area (Å²) < 4.78 is 0.793. The molecule has 0 aliphatic rings. The van der Waals surface area contributed by atoms with Gasteiger partial charge in [-0.2, -0.15) is 15.0 Å². The zero-order chi connectivity index (χ0) is 20.4. The van der Waals surface area contributed by atoms with Crippen molar-refractivity contribution >= 4 is 57.4 Å². The van der Waals surface area contributed by atoms with E-state index >= 15 is 0 Å². The van der Waals surface area contributed by atoms with Gasteiger partial charge < -0.3 is 16.0 Å². The lowest BCUT2D eigenvalue weighted by Crippen LogP contribution is -2.16. The van der Waals surface area contributed by atoms with Gasteiger partial charge in [0.05, 0.1) is 16.0 Å². The van der Waals surface area contributed by atoms with E-state index < -0.39 is 0 Å². The molecule has 0 spiro atoms. The molecule has 0 bridgehead atoms. The molecule has 11 heteroatoms. The van der Waals surface area contributed by atoms with E-state index in [1.165, 1.54) is 23.1 Å². The molecule has 148 valence electrons. The van der Waals surface area contributed by atoms with Crippen LogP contribution in [0.1, 0.15) is 29.1 Å². The third kappa shape index (κ3) is 4.81. The molecule has 1 unspecified atom stereocenters. The van der Waals surface area contributed by atoms with E-state index in [9.17, 15) is 0 Å². The maximum absolute atomic E-state index is 6.36. The Morgan fingerprint density at radius 2 is 1.93 bits per heavy atom. The van der Waals surface area contributed by atoms with E-state index in [1.807, 2.05) is 40.9 Å². The number of benzene rings is 1. The number of nitrogens with zero attached hydrogens (tertiary/aromatic N) is 6. The van der Waals surface area contributed by atoms with Crippen LogP contribution in [0, 0.1) is 13.8 Å². The first-order valence-electron chi connectivity index (χ1n) is 8.45. The Morgan fingerprint density at radius 1 is 1.18 bits per heavy atom. The van der Waals surface area contributed by atoms with Gasteiger partial charge in [-0.15, -0.1) is 10.2 Å². The summed E-state index contributed by atoms with van der Waals surface area (Å²) in [5, 5.41) is 13.0. The first-order valence-corrected chi connectivity index (χ1v) is 10.5. The number of hydrogen-bond donors (Lipinski definition) is 2. The number of hydrogen-bond acceptors (Lipinski definition) is 10. The monoisotopic (exact) mass is 436 g/mol. The average Bonchev–Trinajstić information content (AvgIpc) is 3.04. The van der Waals surface area contributed by atoms with E-state index in [1.54, 1.807) is 4.90 Å². The Balaban J connectivity index is 1.75.